The van der Waals surface area contributed by atoms with Gasteiger partial charge in [0.2, 0.25) is 11.8 Å². The minimum atomic E-state index is -0.334. The second-order valence-electron chi connectivity index (χ2n) is 7.95. The summed E-state index contributed by atoms with van der Waals surface area (Å²) < 4.78 is 4.92. The van der Waals surface area contributed by atoms with Crippen LogP contribution >= 0.6 is 0 Å². The fourth-order valence-corrected chi connectivity index (χ4v) is 4.48. The number of carbonyl (C=O) groups is 3. The van der Waals surface area contributed by atoms with Gasteiger partial charge in [-0.1, -0.05) is 43.2 Å². The van der Waals surface area contributed by atoms with Crippen LogP contribution in [0.1, 0.15) is 50.6 Å². The molecule has 28 heavy (non-hydrogen) atoms. The summed E-state index contributed by atoms with van der Waals surface area (Å²) in [7, 11) is 1.42. The van der Waals surface area contributed by atoms with Gasteiger partial charge in [-0.3, -0.25) is 14.4 Å². The quantitative estimate of drug-likeness (QED) is 0.763. The number of ether oxygens (including phenoxy) is 1. The summed E-state index contributed by atoms with van der Waals surface area (Å²) >= 11 is 0. The third kappa shape index (κ3) is 4.54. The number of hydrogen-bond acceptors (Lipinski definition) is 4. The standard InChI is InChI=1S/C22H30N2O4/c1-15(16-8-4-3-5-9-16)24-14-18(12-20(24)25)21(26)23-13-17-10-6-7-11-19(17)22(27)28-2/h3-5,8-9,15,17-19H,6-7,10-14H2,1-2H3,(H,23,26). The molecule has 4 unspecified atom stereocenters. The Morgan fingerprint density at radius 2 is 1.93 bits per heavy atom. The molecule has 1 saturated carbocycles. The molecule has 1 aromatic carbocycles. The predicted octanol–water partition coefficient (Wildman–Crippen LogP) is 2.69. The average Bonchev–Trinajstić information content (AvgIpc) is 3.13. The molecular weight excluding hydrogens is 356 g/mol. The fraction of sp³-hybridized carbons (Fsp3) is 0.591. The van der Waals surface area contributed by atoms with E-state index < -0.39 is 0 Å². The van der Waals surface area contributed by atoms with Crippen LogP contribution in [0, 0.1) is 17.8 Å². The van der Waals surface area contributed by atoms with Crippen molar-refractivity contribution in [1.82, 2.24) is 10.2 Å². The summed E-state index contributed by atoms with van der Waals surface area (Å²) in [6.45, 7) is 2.90. The number of rotatable bonds is 6. The maximum absolute atomic E-state index is 12.7. The smallest absolute Gasteiger partial charge is 0.309 e. The number of nitrogens with one attached hydrogen (secondary N) is 1. The lowest BCUT2D eigenvalue weighted by Gasteiger charge is -2.30. The summed E-state index contributed by atoms with van der Waals surface area (Å²) in [6.07, 6.45) is 4.07. The van der Waals surface area contributed by atoms with Gasteiger partial charge in [-0.05, 0) is 31.2 Å². The largest absolute Gasteiger partial charge is 0.469 e. The molecule has 152 valence electrons. The first-order valence-electron chi connectivity index (χ1n) is 10.2. The highest BCUT2D eigenvalue weighted by Crippen LogP contribution is 2.31. The number of amides is 2. The molecular formula is C22H30N2O4. The van der Waals surface area contributed by atoms with Crippen LogP contribution in [0.2, 0.25) is 0 Å². The fourth-order valence-electron chi connectivity index (χ4n) is 4.48. The first-order chi connectivity index (χ1) is 13.5. The number of hydrogen-bond donors (Lipinski definition) is 1. The molecule has 2 aliphatic rings. The first kappa shape index (κ1) is 20.4. The van der Waals surface area contributed by atoms with Gasteiger partial charge < -0.3 is 15.0 Å². The molecule has 1 aromatic rings. The Balaban J connectivity index is 1.55. The number of esters is 1. The zero-order valence-electron chi connectivity index (χ0n) is 16.7. The van der Waals surface area contributed by atoms with Gasteiger partial charge in [0.25, 0.3) is 0 Å². The van der Waals surface area contributed by atoms with Crippen molar-refractivity contribution < 1.29 is 19.1 Å². The van der Waals surface area contributed by atoms with Crippen LogP contribution in [-0.2, 0) is 19.1 Å². The second kappa shape index (κ2) is 9.22. The number of methoxy groups -OCH3 is 1. The van der Waals surface area contributed by atoms with Crippen LogP contribution in [0.3, 0.4) is 0 Å². The third-order valence-electron chi connectivity index (χ3n) is 6.23. The maximum atomic E-state index is 12.7. The van der Waals surface area contributed by atoms with Gasteiger partial charge in [0, 0.05) is 19.5 Å². The molecule has 1 N–H and O–H groups in total. The van der Waals surface area contributed by atoms with Gasteiger partial charge in [-0.25, -0.2) is 0 Å². The van der Waals surface area contributed by atoms with Gasteiger partial charge >= 0.3 is 5.97 Å². The van der Waals surface area contributed by atoms with Crippen molar-refractivity contribution in [2.45, 2.75) is 45.1 Å². The molecule has 6 nitrogen and oxygen atoms in total. The van der Waals surface area contributed by atoms with E-state index in [2.05, 4.69) is 5.32 Å². The Hall–Kier alpha value is -2.37. The molecule has 4 atom stereocenters. The summed E-state index contributed by atoms with van der Waals surface area (Å²) in [5.41, 5.74) is 1.07. The number of likely N-dealkylation sites (tertiary alicyclic amines) is 1. The minimum Gasteiger partial charge on any atom is -0.469 e. The molecule has 0 aromatic heterocycles. The van der Waals surface area contributed by atoms with Crippen LogP contribution in [0.25, 0.3) is 0 Å². The van der Waals surface area contributed by atoms with Crippen LogP contribution in [-0.4, -0.2) is 42.9 Å². The topological polar surface area (TPSA) is 75.7 Å². The van der Waals surface area contributed by atoms with E-state index in [0.717, 1.165) is 31.2 Å². The van der Waals surface area contributed by atoms with E-state index in [1.165, 1.54) is 7.11 Å². The Morgan fingerprint density at radius 1 is 1.21 bits per heavy atom. The van der Waals surface area contributed by atoms with Gasteiger partial charge in [0.05, 0.1) is 25.0 Å². The average molecular weight is 386 g/mol. The van der Waals surface area contributed by atoms with Crippen molar-refractivity contribution >= 4 is 17.8 Å². The molecule has 2 amide bonds. The van der Waals surface area contributed by atoms with Gasteiger partial charge in [0.1, 0.15) is 0 Å². The highest BCUT2D eigenvalue weighted by Gasteiger charge is 2.38. The van der Waals surface area contributed by atoms with E-state index in [-0.39, 0.29) is 48.0 Å². The molecule has 0 spiro atoms. The summed E-state index contributed by atoms with van der Waals surface area (Å²) in [6, 6.07) is 9.82. The number of nitrogens with zero attached hydrogens (tertiary/aromatic N) is 1. The highest BCUT2D eigenvalue weighted by molar-refractivity contribution is 5.89. The molecule has 1 heterocycles. The lowest BCUT2D eigenvalue weighted by atomic mass is 9.79. The van der Waals surface area contributed by atoms with E-state index in [9.17, 15) is 14.4 Å². The zero-order valence-corrected chi connectivity index (χ0v) is 16.7. The van der Waals surface area contributed by atoms with Crippen LogP contribution < -0.4 is 5.32 Å². The van der Waals surface area contributed by atoms with Crippen molar-refractivity contribution in [2.24, 2.45) is 17.8 Å². The van der Waals surface area contributed by atoms with Gasteiger partial charge in [0.15, 0.2) is 0 Å². The summed E-state index contributed by atoms with van der Waals surface area (Å²) in [5.74, 6) is -0.621. The molecule has 1 saturated heterocycles. The number of carbonyl (C=O) groups excluding carboxylic acids is 3. The van der Waals surface area contributed by atoms with Crippen molar-refractivity contribution in [3.8, 4) is 0 Å². The monoisotopic (exact) mass is 386 g/mol. The predicted molar refractivity (Wildman–Crippen MR) is 105 cm³/mol. The van der Waals surface area contributed by atoms with E-state index in [0.29, 0.717) is 13.1 Å². The summed E-state index contributed by atoms with van der Waals surface area (Å²) in [4.78, 5) is 38.9. The van der Waals surface area contributed by atoms with E-state index in [1.807, 2.05) is 37.3 Å². The minimum absolute atomic E-state index is 0.0154. The lowest BCUT2D eigenvalue weighted by molar-refractivity contribution is -0.149. The van der Waals surface area contributed by atoms with Gasteiger partial charge in [-0.2, -0.15) is 0 Å². The molecule has 1 aliphatic heterocycles. The first-order valence-corrected chi connectivity index (χ1v) is 10.2. The Labute approximate surface area is 166 Å². The molecule has 6 heteroatoms. The molecule has 2 fully saturated rings. The highest BCUT2D eigenvalue weighted by atomic mass is 16.5. The molecule has 0 radical (unpaired) electrons. The van der Waals surface area contributed by atoms with Crippen LogP contribution in [0.15, 0.2) is 30.3 Å². The van der Waals surface area contributed by atoms with Crippen molar-refractivity contribution in [1.29, 1.82) is 0 Å². The SMILES string of the molecule is COC(=O)C1CCCCC1CNC(=O)C1CC(=O)N(C(C)c2ccccc2)C1. The van der Waals surface area contributed by atoms with Gasteiger partial charge in [-0.15, -0.1) is 0 Å². The van der Waals surface area contributed by atoms with Crippen molar-refractivity contribution in [3.63, 3.8) is 0 Å². The summed E-state index contributed by atoms with van der Waals surface area (Å²) in [5, 5.41) is 3.00. The third-order valence-corrected chi connectivity index (χ3v) is 6.23. The van der Waals surface area contributed by atoms with Crippen molar-refractivity contribution in [2.75, 3.05) is 20.2 Å². The Kier molecular flexibility index (Phi) is 6.70. The lowest BCUT2D eigenvalue weighted by Crippen LogP contribution is -2.40. The van der Waals surface area contributed by atoms with E-state index in [4.69, 9.17) is 4.74 Å². The molecule has 0 bridgehead atoms. The Morgan fingerprint density at radius 3 is 2.64 bits per heavy atom. The molecule has 3 rings (SSSR count). The van der Waals surface area contributed by atoms with E-state index in [1.54, 1.807) is 4.90 Å². The normalized spacial score (nSPS) is 26.0. The maximum Gasteiger partial charge on any atom is 0.309 e. The van der Waals surface area contributed by atoms with E-state index >= 15 is 0 Å². The second-order valence-corrected chi connectivity index (χ2v) is 7.95. The number of benzene rings is 1. The molecule has 1 aliphatic carbocycles. The van der Waals surface area contributed by atoms with Crippen LogP contribution in [0.5, 0.6) is 0 Å². The van der Waals surface area contributed by atoms with Crippen LogP contribution in [0.4, 0.5) is 0 Å². The zero-order chi connectivity index (χ0) is 20.1. The van der Waals surface area contributed by atoms with Crippen molar-refractivity contribution in [3.05, 3.63) is 35.9 Å². The Bertz CT molecular complexity index is 706.